The Morgan fingerprint density at radius 3 is 2.84 bits per heavy atom. The number of anilines is 1. The normalized spacial score (nSPS) is 18.2. The fourth-order valence-electron chi connectivity index (χ4n) is 2.34. The molecule has 5 nitrogen and oxygen atoms in total. The van der Waals surface area contributed by atoms with Crippen LogP contribution in [0, 0.1) is 12.7 Å². The van der Waals surface area contributed by atoms with Crippen LogP contribution in [0.15, 0.2) is 53.5 Å². The van der Waals surface area contributed by atoms with Crippen molar-refractivity contribution < 1.29 is 14.0 Å². The Hall–Kier alpha value is -2.67. The number of benzene rings is 2. The zero-order chi connectivity index (χ0) is 17.8. The Balaban J connectivity index is 1.63. The second-order valence-corrected chi connectivity index (χ2v) is 6.78. The van der Waals surface area contributed by atoms with E-state index >= 15 is 0 Å². The van der Waals surface area contributed by atoms with E-state index in [1.807, 2.05) is 31.2 Å². The summed E-state index contributed by atoms with van der Waals surface area (Å²) in [5, 5.41) is 5.02. The van der Waals surface area contributed by atoms with Crippen LogP contribution in [0.5, 0.6) is 0 Å². The van der Waals surface area contributed by atoms with Gasteiger partial charge in [-0.1, -0.05) is 36.0 Å². The number of carbonyl (C=O) groups is 2. The van der Waals surface area contributed by atoms with Crippen LogP contribution in [0.4, 0.5) is 15.8 Å². The Morgan fingerprint density at radius 2 is 2.08 bits per heavy atom. The number of aryl methyl sites for hydroxylation is 1. The second kappa shape index (κ2) is 7.48. The van der Waals surface area contributed by atoms with E-state index in [4.69, 9.17) is 0 Å². The lowest BCUT2D eigenvalue weighted by Gasteiger charge is -2.08. The first-order chi connectivity index (χ1) is 12.0. The van der Waals surface area contributed by atoms with Gasteiger partial charge in [0.2, 0.25) is 11.8 Å². The van der Waals surface area contributed by atoms with Crippen molar-refractivity contribution in [3.05, 3.63) is 59.9 Å². The average molecular weight is 357 g/mol. The van der Waals surface area contributed by atoms with Crippen molar-refractivity contribution in [1.29, 1.82) is 0 Å². The van der Waals surface area contributed by atoms with Crippen LogP contribution in [0.25, 0.3) is 0 Å². The van der Waals surface area contributed by atoms with E-state index in [1.165, 1.54) is 23.9 Å². The largest absolute Gasteiger partial charge is 0.324 e. The molecule has 0 aromatic heterocycles. The molecule has 128 valence electrons. The molecule has 25 heavy (non-hydrogen) atoms. The summed E-state index contributed by atoms with van der Waals surface area (Å²) in [6, 6.07) is 13.5. The van der Waals surface area contributed by atoms with Crippen molar-refractivity contribution in [1.82, 2.24) is 5.32 Å². The minimum atomic E-state index is -0.588. The number of hydrogen-bond donors (Lipinski definition) is 2. The van der Waals surface area contributed by atoms with Crippen LogP contribution >= 0.6 is 11.8 Å². The summed E-state index contributed by atoms with van der Waals surface area (Å²) in [5.74, 6) is -1.21. The van der Waals surface area contributed by atoms with Crippen LogP contribution in [-0.4, -0.2) is 22.2 Å². The molecular formula is C18H16FN3O2S. The molecule has 1 atom stereocenters. The summed E-state index contributed by atoms with van der Waals surface area (Å²) in [5.41, 5.74) is 1.90. The molecule has 2 N–H and O–H groups in total. The van der Waals surface area contributed by atoms with E-state index < -0.39 is 17.0 Å². The third-order valence-electron chi connectivity index (χ3n) is 3.53. The van der Waals surface area contributed by atoms with Crippen molar-refractivity contribution >= 4 is 40.1 Å². The highest BCUT2D eigenvalue weighted by Crippen LogP contribution is 2.26. The van der Waals surface area contributed by atoms with Gasteiger partial charge in [-0.15, -0.1) is 0 Å². The standard InChI is InChI=1S/C18H16FN3O2S/c1-11-5-4-6-12(9-11)20-18-22-17(24)15(25-18)10-16(23)21-14-8-3-2-7-13(14)19/h2-9,15H,10H2,1H3,(H,21,23)(H,20,22,24)/t15-/m0/s1. The lowest BCUT2D eigenvalue weighted by Crippen LogP contribution is -2.28. The van der Waals surface area contributed by atoms with Gasteiger partial charge in [0.05, 0.1) is 11.4 Å². The first kappa shape index (κ1) is 17.2. The van der Waals surface area contributed by atoms with E-state index in [0.29, 0.717) is 5.17 Å². The van der Waals surface area contributed by atoms with Gasteiger partial charge in [0, 0.05) is 6.42 Å². The molecule has 1 aliphatic rings. The highest BCUT2D eigenvalue weighted by atomic mass is 32.2. The van der Waals surface area contributed by atoms with Gasteiger partial charge in [0.1, 0.15) is 11.1 Å². The Labute approximate surface area is 148 Å². The molecule has 1 heterocycles. The number of nitrogens with one attached hydrogen (secondary N) is 2. The summed E-state index contributed by atoms with van der Waals surface area (Å²) >= 11 is 1.20. The Bertz CT molecular complexity index is 854. The number of rotatable bonds is 4. The number of carbonyl (C=O) groups excluding carboxylic acids is 2. The molecule has 1 fully saturated rings. The minimum Gasteiger partial charge on any atom is -0.324 e. The fraction of sp³-hybridized carbons (Fsp3) is 0.167. The molecule has 0 aliphatic carbocycles. The predicted molar refractivity (Wildman–Crippen MR) is 97.4 cm³/mol. The Morgan fingerprint density at radius 1 is 1.28 bits per heavy atom. The molecule has 2 aromatic rings. The average Bonchev–Trinajstić information content (AvgIpc) is 2.89. The smallest absolute Gasteiger partial charge is 0.240 e. The molecule has 3 rings (SSSR count). The molecule has 1 aliphatic heterocycles. The highest BCUT2D eigenvalue weighted by Gasteiger charge is 2.32. The van der Waals surface area contributed by atoms with E-state index in [0.717, 1.165) is 11.3 Å². The van der Waals surface area contributed by atoms with E-state index in [2.05, 4.69) is 15.6 Å². The number of amides is 2. The van der Waals surface area contributed by atoms with Crippen molar-refractivity contribution in [3.63, 3.8) is 0 Å². The van der Waals surface area contributed by atoms with Crippen LogP contribution in [0.3, 0.4) is 0 Å². The molecule has 7 heteroatoms. The zero-order valence-electron chi connectivity index (χ0n) is 13.5. The molecule has 2 aromatic carbocycles. The summed E-state index contributed by atoms with van der Waals surface area (Å²) < 4.78 is 13.6. The van der Waals surface area contributed by atoms with Gasteiger partial charge in [-0.2, -0.15) is 0 Å². The van der Waals surface area contributed by atoms with E-state index in [-0.39, 0.29) is 18.0 Å². The summed E-state index contributed by atoms with van der Waals surface area (Å²) in [6.07, 6.45) is -0.0579. The number of nitrogens with zero attached hydrogens (tertiary/aromatic N) is 1. The van der Waals surface area contributed by atoms with Gasteiger partial charge >= 0.3 is 0 Å². The van der Waals surface area contributed by atoms with E-state index in [1.54, 1.807) is 12.1 Å². The maximum atomic E-state index is 13.6. The lowest BCUT2D eigenvalue weighted by atomic mass is 10.2. The zero-order valence-corrected chi connectivity index (χ0v) is 14.3. The molecule has 0 saturated carbocycles. The van der Waals surface area contributed by atoms with Gasteiger partial charge in [0.25, 0.3) is 0 Å². The van der Waals surface area contributed by atoms with Crippen LogP contribution in [0.1, 0.15) is 12.0 Å². The maximum absolute atomic E-state index is 13.6. The number of thioether (sulfide) groups is 1. The predicted octanol–water partition coefficient (Wildman–Crippen LogP) is 3.38. The fourth-order valence-corrected chi connectivity index (χ4v) is 3.33. The van der Waals surface area contributed by atoms with Gasteiger partial charge in [-0.3, -0.25) is 9.59 Å². The number of amidine groups is 1. The topological polar surface area (TPSA) is 70.6 Å². The molecule has 0 bridgehead atoms. The number of para-hydroxylation sites is 1. The van der Waals surface area contributed by atoms with Crippen molar-refractivity contribution in [2.45, 2.75) is 18.6 Å². The third kappa shape index (κ3) is 4.45. The monoisotopic (exact) mass is 357 g/mol. The van der Waals surface area contributed by atoms with Crippen molar-refractivity contribution in [2.75, 3.05) is 5.32 Å². The highest BCUT2D eigenvalue weighted by molar-refractivity contribution is 8.15. The Kier molecular flexibility index (Phi) is 5.14. The second-order valence-electron chi connectivity index (χ2n) is 5.58. The first-order valence-corrected chi connectivity index (χ1v) is 8.56. The third-order valence-corrected chi connectivity index (χ3v) is 4.61. The number of aliphatic imine (C=N–C) groups is 1. The summed E-state index contributed by atoms with van der Waals surface area (Å²) in [4.78, 5) is 28.5. The first-order valence-electron chi connectivity index (χ1n) is 7.68. The molecule has 1 saturated heterocycles. The molecule has 2 amide bonds. The molecular weight excluding hydrogens is 341 g/mol. The van der Waals surface area contributed by atoms with Crippen LogP contribution in [0.2, 0.25) is 0 Å². The van der Waals surface area contributed by atoms with Gasteiger partial charge in [-0.25, -0.2) is 9.38 Å². The molecule has 0 spiro atoms. The van der Waals surface area contributed by atoms with E-state index in [9.17, 15) is 14.0 Å². The number of hydrogen-bond acceptors (Lipinski definition) is 4. The minimum absolute atomic E-state index is 0.0579. The SMILES string of the molecule is Cc1cccc(N=C2NC(=O)[C@H](CC(=O)Nc3ccccc3F)S2)c1. The summed E-state index contributed by atoms with van der Waals surface area (Å²) in [6.45, 7) is 1.96. The van der Waals surface area contributed by atoms with Crippen molar-refractivity contribution in [2.24, 2.45) is 4.99 Å². The van der Waals surface area contributed by atoms with Gasteiger partial charge in [-0.05, 0) is 36.8 Å². The summed E-state index contributed by atoms with van der Waals surface area (Å²) in [7, 11) is 0. The lowest BCUT2D eigenvalue weighted by molar-refractivity contribution is -0.122. The van der Waals surface area contributed by atoms with Crippen LogP contribution in [-0.2, 0) is 9.59 Å². The maximum Gasteiger partial charge on any atom is 0.240 e. The van der Waals surface area contributed by atoms with Crippen molar-refractivity contribution in [3.8, 4) is 0 Å². The molecule has 0 radical (unpaired) electrons. The van der Waals surface area contributed by atoms with Gasteiger partial charge in [0.15, 0.2) is 5.17 Å². The van der Waals surface area contributed by atoms with Crippen LogP contribution < -0.4 is 10.6 Å². The van der Waals surface area contributed by atoms with Gasteiger partial charge < -0.3 is 10.6 Å². The molecule has 0 unspecified atom stereocenters. The number of halogens is 1. The quantitative estimate of drug-likeness (QED) is 0.881.